The monoisotopic (exact) mass is 466 g/mol. The van der Waals surface area contributed by atoms with Crippen LogP contribution in [0, 0.1) is 11.7 Å². The molecule has 0 aliphatic heterocycles. The molecule has 1 fully saturated rings. The van der Waals surface area contributed by atoms with Gasteiger partial charge in [-0.3, -0.25) is 9.59 Å². The van der Waals surface area contributed by atoms with Crippen LogP contribution in [0.15, 0.2) is 48.7 Å². The molecule has 0 unspecified atom stereocenters. The second-order valence-electron chi connectivity index (χ2n) is 8.46. The maximum atomic E-state index is 14.6. The van der Waals surface area contributed by atoms with Crippen molar-refractivity contribution in [1.29, 1.82) is 0 Å². The third-order valence-electron chi connectivity index (χ3n) is 5.66. The fraction of sp³-hybridized carbons (Fsp3) is 0.360. The van der Waals surface area contributed by atoms with Crippen LogP contribution in [0.4, 0.5) is 4.39 Å². The Balaban J connectivity index is 1.45. The van der Waals surface area contributed by atoms with Crippen LogP contribution in [0.5, 0.6) is 5.75 Å². The van der Waals surface area contributed by atoms with E-state index in [1.54, 1.807) is 43.5 Å². The molecule has 2 aromatic carbocycles. The summed E-state index contributed by atoms with van der Waals surface area (Å²) in [6, 6.07) is 10.7. The largest absolute Gasteiger partial charge is 0.484 e. The summed E-state index contributed by atoms with van der Waals surface area (Å²) in [5.41, 5.74) is 1.49. The zero-order chi connectivity index (χ0) is 24.2. The van der Waals surface area contributed by atoms with Crippen molar-refractivity contribution in [3.05, 3.63) is 71.3 Å². The highest BCUT2D eigenvalue weighted by atomic mass is 19.1. The molecule has 1 aliphatic carbocycles. The number of nitrogens with zero attached hydrogens (tertiary/aromatic N) is 3. The van der Waals surface area contributed by atoms with Gasteiger partial charge in [0.05, 0.1) is 24.1 Å². The molecular weight excluding hydrogens is 439 g/mol. The lowest BCUT2D eigenvalue weighted by Crippen LogP contribution is -2.35. The Morgan fingerprint density at radius 2 is 1.97 bits per heavy atom. The quantitative estimate of drug-likeness (QED) is 0.442. The molecule has 0 spiro atoms. The molecule has 2 atom stereocenters. The third kappa shape index (κ3) is 5.31. The Bertz CT molecular complexity index is 1170. The fourth-order valence-corrected chi connectivity index (χ4v) is 3.50. The summed E-state index contributed by atoms with van der Waals surface area (Å²) in [7, 11) is 0. The molecule has 4 rings (SSSR count). The maximum absolute atomic E-state index is 14.6. The van der Waals surface area contributed by atoms with Gasteiger partial charge in [-0.2, -0.15) is 9.90 Å². The van der Waals surface area contributed by atoms with Gasteiger partial charge in [0.25, 0.3) is 5.91 Å². The molecular formula is C25H27FN4O4. The van der Waals surface area contributed by atoms with Crippen LogP contribution in [-0.4, -0.2) is 44.4 Å². The van der Waals surface area contributed by atoms with Gasteiger partial charge in [-0.1, -0.05) is 6.92 Å². The molecule has 34 heavy (non-hydrogen) atoms. The third-order valence-corrected chi connectivity index (χ3v) is 5.66. The summed E-state index contributed by atoms with van der Waals surface area (Å²) < 4.78 is 20.6. The number of carbonyl (C=O) groups excluding carboxylic acids is 2. The number of hydrogen-bond acceptors (Lipinski definition) is 6. The van der Waals surface area contributed by atoms with E-state index in [1.165, 1.54) is 16.9 Å². The number of nitrogens with one attached hydrogen (secondary N) is 1. The van der Waals surface area contributed by atoms with E-state index in [1.807, 2.05) is 6.92 Å². The molecule has 1 aliphatic rings. The summed E-state index contributed by atoms with van der Waals surface area (Å²) >= 11 is 0. The SMILES string of the molecule is CC[C@@H](Oc1ccc(C(=O)C2CC2)cc1)c1cnn(-c2ccc(C(=O)N[C@H](C)CO)c(F)c2)n1. The minimum absolute atomic E-state index is 0.130. The van der Waals surface area contributed by atoms with Crippen molar-refractivity contribution in [2.75, 3.05) is 6.61 Å². The number of carbonyl (C=O) groups is 2. The Kier molecular flexibility index (Phi) is 7.02. The van der Waals surface area contributed by atoms with Gasteiger partial charge in [0.2, 0.25) is 0 Å². The zero-order valence-corrected chi connectivity index (χ0v) is 19.1. The number of ether oxygens (including phenoxy) is 1. The van der Waals surface area contributed by atoms with Gasteiger partial charge in [0.15, 0.2) is 5.78 Å². The highest BCUT2D eigenvalue weighted by Crippen LogP contribution is 2.33. The highest BCUT2D eigenvalue weighted by Gasteiger charge is 2.30. The van der Waals surface area contributed by atoms with Gasteiger partial charge in [0, 0.05) is 23.6 Å². The van der Waals surface area contributed by atoms with Gasteiger partial charge in [-0.25, -0.2) is 4.39 Å². The van der Waals surface area contributed by atoms with Crippen molar-refractivity contribution in [3.8, 4) is 11.4 Å². The van der Waals surface area contributed by atoms with Crippen molar-refractivity contribution in [3.63, 3.8) is 0 Å². The normalized spacial score (nSPS) is 14.9. The number of Topliss-reactive ketones (excluding diaryl/α,β-unsaturated/α-hetero) is 1. The summed E-state index contributed by atoms with van der Waals surface area (Å²) in [5, 5.41) is 20.2. The van der Waals surface area contributed by atoms with E-state index in [0.29, 0.717) is 29.1 Å². The number of amides is 1. The number of aromatic nitrogens is 3. The Morgan fingerprint density at radius 1 is 1.24 bits per heavy atom. The predicted molar refractivity (Wildman–Crippen MR) is 122 cm³/mol. The molecule has 178 valence electrons. The van der Waals surface area contributed by atoms with E-state index >= 15 is 0 Å². The smallest absolute Gasteiger partial charge is 0.254 e. The minimum atomic E-state index is -0.719. The Hall–Kier alpha value is -3.59. The number of ketones is 1. The molecule has 0 bridgehead atoms. The van der Waals surface area contributed by atoms with Crippen LogP contribution in [0.3, 0.4) is 0 Å². The molecule has 8 nitrogen and oxygen atoms in total. The van der Waals surface area contributed by atoms with E-state index in [0.717, 1.165) is 12.8 Å². The summed E-state index contributed by atoms with van der Waals surface area (Å²) in [4.78, 5) is 25.6. The Labute approximate surface area is 196 Å². The second-order valence-corrected chi connectivity index (χ2v) is 8.46. The lowest BCUT2D eigenvalue weighted by molar-refractivity contribution is 0.0917. The topological polar surface area (TPSA) is 106 Å². The maximum Gasteiger partial charge on any atom is 0.254 e. The highest BCUT2D eigenvalue weighted by molar-refractivity contribution is 5.99. The van der Waals surface area contributed by atoms with Crippen LogP contribution in [0.1, 0.15) is 65.6 Å². The predicted octanol–water partition coefficient (Wildman–Crippen LogP) is 3.64. The first-order valence-corrected chi connectivity index (χ1v) is 11.3. The molecule has 0 saturated heterocycles. The van der Waals surface area contributed by atoms with Crippen molar-refractivity contribution >= 4 is 11.7 Å². The second kappa shape index (κ2) is 10.1. The van der Waals surface area contributed by atoms with E-state index in [-0.39, 0.29) is 30.0 Å². The van der Waals surface area contributed by atoms with Crippen LogP contribution in [0.2, 0.25) is 0 Å². The first-order valence-electron chi connectivity index (χ1n) is 11.3. The molecule has 1 saturated carbocycles. The molecule has 0 radical (unpaired) electrons. The van der Waals surface area contributed by atoms with E-state index < -0.39 is 17.8 Å². The van der Waals surface area contributed by atoms with E-state index in [4.69, 9.17) is 9.84 Å². The Morgan fingerprint density at radius 3 is 2.59 bits per heavy atom. The lowest BCUT2D eigenvalue weighted by Gasteiger charge is -2.15. The first-order chi connectivity index (χ1) is 16.4. The van der Waals surface area contributed by atoms with Gasteiger partial charge in [0.1, 0.15) is 23.4 Å². The van der Waals surface area contributed by atoms with Crippen LogP contribution in [0.25, 0.3) is 5.69 Å². The van der Waals surface area contributed by atoms with Crippen LogP contribution >= 0.6 is 0 Å². The molecule has 9 heteroatoms. The summed E-state index contributed by atoms with van der Waals surface area (Å²) in [5.74, 6) is -0.359. The van der Waals surface area contributed by atoms with Crippen molar-refractivity contribution in [2.24, 2.45) is 5.92 Å². The lowest BCUT2D eigenvalue weighted by atomic mass is 10.1. The number of hydrogen-bond donors (Lipinski definition) is 2. The van der Waals surface area contributed by atoms with Crippen molar-refractivity contribution in [2.45, 2.75) is 45.3 Å². The van der Waals surface area contributed by atoms with Crippen LogP contribution in [-0.2, 0) is 0 Å². The first kappa shape index (κ1) is 23.6. The van der Waals surface area contributed by atoms with Gasteiger partial charge >= 0.3 is 0 Å². The number of aliphatic hydroxyl groups is 1. The van der Waals surface area contributed by atoms with E-state index in [9.17, 15) is 14.0 Å². The van der Waals surface area contributed by atoms with Crippen molar-refractivity contribution < 1.29 is 23.8 Å². The number of halogens is 1. The van der Waals surface area contributed by atoms with Crippen molar-refractivity contribution in [1.82, 2.24) is 20.3 Å². The fourth-order valence-electron chi connectivity index (χ4n) is 3.50. The minimum Gasteiger partial charge on any atom is -0.484 e. The van der Waals surface area contributed by atoms with Gasteiger partial charge in [-0.05, 0) is 62.6 Å². The average molecular weight is 467 g/mol. The van der Waals surface area contributed by atoms with Gasteiger partial charge in [-0.15, -0.1) is 5.10 Å². The van der Waals surface area contributed by atoms with Gasteiger partial charge < -0.3 is 15.2 Å². The summed E-state index contributed by atoms with van der Waals surface area (Å²) in [6.07, 6.45) is 3.73. The molecule has 2 N–H and O–H groups in total. The number of rotatable bonds is 10. The molecule has 1 amide bonds. The zero-order valence-electron chi connectivity index (χ0n) is 19.1. The molecule has 1 heterocycles. The van der Waals surface area contributed by atoms with Crippen LogP contribution < -0.4 is 10.1 Å². The number of aliphatic hydroxyl groups excluding tert-OH is 1. The number of benzene rings is 2. The summed E-state index contributed by atoms with van der Waals surface area (Å²) in [6.45, 7) is 3.33. The average Bonchev–Trinajstić information content (AvgIpc) is 3.58. The molecule has 3 aromatic rings. The standard InChI is InChI=1S/C25H27FN4O4/c1-3-23(34-19-9-6-17(7-10-19)24(32)16-4-5-16)22-13-27-30(29-22)18-8-11-20(21(26)12-18)25(33)28-15(2)14-31/h6-13,15-16,23,31H,3-5,14H2,1-2H3,(H,28,33)/t15-,23-/m1/s1. The van der Waals surface area contributed by atoms with E-state index in [2.05, 4.69) is 15.5 Å². The molecule has 1 aromatic heterocycles.